The van der Waals surface area contributed by atoms with Gasteiger partial charge in [-0.3, -0.25) is 4.79 Å². The molecule has 2 N–H and O–H groups in total. The Balaban J connectivity index is 2.70. The van der Waals surface area contributed by atoms with E-state index in [4.69, 9.17) is 5.73 Å². The monoisotopic (exact) mass is 261 g/mol. The summed E-state index contributed by atoms with van der Waals surface area (Å²) >= 11 is 0. The summed E-state index contributed by atoms with van der Waals surface area (Å²) in [6.07, 6.45) is 4.85. The first-order valence-corrected chi connectivity index (χ1v) is 8.28. The highest BCUT2D eigenvalue weighted by atomic mass is 32.2. The van der Waals surface area contributed by atoms with E-state index in [1.165, 1.54) is 6.26 Å². The van der Waals surface area contributed by atoms with Crippen molar-refractivity contribution in [2.24, 2.45) is 17.6 Å². The van der Waals surface area contributed by atoms with Crippen LogP contribution in [-0.4, -0.2) is 32.3 Å². The molecular formula is C12H23NO3S. The van der Waals surface area contributed by atoms with Gasteiger partial charge >= 0.3 is 0 Å². The Bertz CT molecular complexity index is 360. The maximum absolute atomic E-state index is 12.2. The molecule has 3 atom stereocenters. The van der Waals surface area contributed by atoms with E-state index in [1.54, 1.807) is 0 Å². The highest BCUT2D eigenvalue weighted by Gasteiger charge is 2.34. The number of carbonyl (C=O) groups is 1. The minimum absolute atomic E-state index is 0.0988. The molecule has 0 spiro atoms. The molecule has 0 aromatic rings. The van der Waals surface area contributed by atoms with Gasteiger partial charge in [0.2, 0.25) is 0 Å². The lowest BCUT2D eigenvalue weighted by Gasteiger charge is -2.29. The van der Waals surface area contributed by atoms with Crippen LogP contribution in [0.5, 0.6) is 0 Å². The summed E-state index contributed by atoms with van der Waals surface area (Å²) in [7, 11) is -3.01. The van der Waals surface area contributed by atoms with E-state index < -0.39 is 9.84 Å². The molecule has 4 nitrogen and oxygen atoms in total. The molecule has 0 amide bonds. The van der Waals surface area contributed by atoms with Crippen LogP contribution in [0.2, 0.25) is 0 Å². The van der Waals surface area contributed by atoms with Crippen molar-refractivity contribution in [2.45, 2.75) is 44.3 Å². The molecule has 17 heavy (non-hydrogen) atoms. The van der Waals surface area contributed by atoms with Crippen molar-refractivity contribution < 1.29 is 13.2 Å². The van der Waals surface area contributed by atoms with Crippen LogP contribution < -0.4 is 5.73 Å². The molecule has 0 aliphatic heterocycles. The van der Waals surface area contributed by atoms with Crippen LogP contribution in [0.15, 0.2) is 0 Å². The van der Waals surface area contributed by atoms with Crippen molar-refractivity contribution in [1.29, 1.82) is 0 Å². The Kier molecular flexibility index (Phi) is 5.13. The van der Waals surface area contributed by atoms with Crippen molar-refractivity contribution in [3.8, 4) is 0 Å². The fraction of sp³-hybridized carbons (Fsp3) is 0.917. The van der Waals surface area contributed by atoms with Gasteiger partial charge in [0, 0.05) is 24.6 Å². The van der Waals surface area contributed by atoms with Crippen LogP contribution in [-0.2, 0) is 14.6 Å². The summed E-state index contributed by atoms with van der Waals surface area (Å²) < 4.78 is 23.1. The second-order valence-electron chi connectivity index (χ2n) is 5.06. The largest absolute Gasteiger partial charge is 0.330 e. The van der Waals surface area contributed by atoms with Crippen LogP contribution in [0.4, 0.5) is 0 Å². The van der Waals surface area contributed by atoms with Crippen LogP contribution in [0.1, 0.15) is 39.0 Å². The molecular weight excluding hydrogens is 238 g/mol. The van der Waals surface area contributed by atoms with Gasteiger partial charge in [-0.05, 0) is 25.7 Å². The molecule has 0 aromatic carbocycles. The summed E-state index contributed by atoms with van der Waals surface area (Å²) in [4.78, 5) is 12.2. The summed E-state index contributed by atoms with van der Waals surface area (Å²) in [6.45, 7) is 2.32. The molecule has 0 aromatic heterocycles. The number of ketones is 1. The maximum atomic E-state index is 12.2. The smallest absolute Gasteiger partial charge is 0.150 e. The normalized spacial score (nSPS) is 27.7. The molecule has 0 radical (unpaired) electrons. The van der Waals surface area contributed by atoms with Gasteiger partial charge < -0.3 is 5.73 Å². The van der Waals surface area contributed by atoms with Gasteiger partial charge in [0.1, 0.15) is 15.6 Å². The highest BCUT2D eigenvalue weighted by molar-refractivity contribution is 7.91. The van der Waals surface area contributed by atoms with E-state index in [0.29, 0.717) is 19.4 Å². The number of rotatable bonds is 5. The number of nitrogens with two attached hydrogens (primary N) is 1. The molecule has 1 fully saturated rings. The molecule has 3 unspecified atom stereocenters. The second kappa shape index (κ2) is 5.96. The fourth-order valence-electron chi connectivity index (χ4n) is 2.61. The molecule has 100 valence electrons. The van der Waals surface area contributed by atoms with Crippen molar-refractivity contribution in [2.75, 3.05) is 12.8 Å². The third-order valence-electron chi connectivity index (χ3n) is 3.81. The number of hydrogen-bond acceptors (Lipinski definition) is 4. The van der Waals surface area contributed by atoms with Gasteiger partial charge in [-0.1, -0.05) is 13.3 Å². The first-order chi connectivity index (χ1) is 7.90. The van der Waals surface area contributed by atoms with E-state index in [-0.39, 0.29) is 22.9 Å². The number of carbonyl (C=O) groups excluding carboxylic acids is 1. The van der Waals surface area contributed by atoms with E-state index in [2.05, 4.69) is 0 Å². The zero-order chi connectivity index (χ0) is 13.1. The molecule has 0 saturated heterocycles. The fourth-order valence-corrected chi connectivity index (χ4v) is 3.79. The number of hydrogen-bond donors (Lipinski definition) is 1. The minimum Gasteiger partial charge on any atom is -0.330 e. The summed E-state index contributed by atoms with van der Waals surface area (Å²) in [5.41, 5.74) is 5.57. The zero-order valence-corrected chi connectivity index (χ0v) is 11.5. The average molecular weight is 261 g/mol. The van der Waals surface area contributed by atoms with Crippen molar-refractivity contribution in [3.63, 3.8) is 0 Å². The lowest BCUT2D eigenvalue weighted by atomic mass is 9.80. The molecule has 0 heterocycles. The van der Waals surface area contributed by atoms with E-state index in [9.17, 15) is 13.2 Å². The predicted molar refractivity (Wildman–Crippen MR) is 68.4 cm³/mol. The highest BCUT2D eigenvalue weighted by Crippen LogP contribution is 2.31. The predicted octanol–water partition coefficient (Wildman–Crippen LogP) is 1.14. The van der Waals surface area contributed by atoms with Crippen molar-refractivity contribution in [1.82, 2.24) is 0 Å². The molecule has 1 saturated carbocycles. The van der Waals surface area contributed by atoms with Gasteiger partial charge in [0.25, 0.3) is 0 Å². The van der Waals surface area contributed by atoms with Crippen LogP contribution in [0.3, 0.4) is 0 Å². The Morgan fingerprint density at radius 1 is 1.41 bits per heavy atom. The average Bonchev–Trinajstić information content (AvgIpc) is 2.29. The summed E-state index contributed by atoms with van der Waals surface area (Å²) in [5, 5.41) is -0.333. The lowest BCUT2D eigenvalue weighted by molar-refractivity contribution is -0.127. The zero-order valence-electron chi connectivity index (χ0n) is 10.7. The van der Waals surface area contributed by atoms with E-state index >= 15 is 0 Å². The second-order valence-corrected chi connectivity index (χ2v) is 7.38. The molecule has 1 aliphatic carbocycles. The molecule has 1 rings (SSSR count). The first kappa shape index (κ1) is 14.6. The van der Waals surface area contributed by atoms with Gasteiger partial charge in [-0.2, -0.15) is 0 Å². The third-order valence-corrected chi connectivity index (χ3v) is 5.45. The standard InChI is InChI=1S/C12H23NO3S/c1-3-9(8-13)12(14)10-5-4-6-11(7-10)17(2,15)16/h9-11H,3-8,13H2,1-2H3. The number of sulfone groups is 1. The van der Waals surface area contributed by atoms with Crippen molar-refractivity contribution in [3.05, 3.63) is 0 Å². The van der Waals surface area contributed by atoms with Crippen molar-refractivity contribution >= 4 is 15.6 Å². The first-order valence-electron chi connectivity index (χ1n) is 6.32. The molecule has 0 bridgehead atoms. The summed E-state index contributed by atoms with van der Waals surface area (Å²) in [5.74, 6) is -0.0290. The Morgan fingerprint density at radius 2 is 2.06 bits per heavy atom. The SMILES string of the molecule is CCC(CN)C(=O)C1CCCC(S(C)(=O)=O)C1. The molecule has 1 aliphatic rings. The van der Waals surface area contributed by atoms with Gasteiger partial charge in [-0.25, -0.2) is 8.42 Å². The van der Waals surface area contributed by atoms with E-state index in [0.717, 1.165) is 19.3 Å². The quantitative estimate of drug-likeness (QED) is 0.805. The van der Waals surface area contributed by atoms with Gasteiger partial charge in [0.15, 0.2) is 0 Å². The topological polar surface area (TPSA) is 77.2 Å². The minimum atomic E-state index is -3.01. The maximum Gasteiger partial charge on any atom is 0.150 e. The van der Waals surface area contributed by atoms with Gasteiger partial charge in [0.05, 0.1) is 5.25 Å². The van der Waals surface area contributed by atoms with Crippen LogP contribution in [0.25, 0.3) is 0 Å². The Labute approximate surface area is 104 Å². The third kappa shape index (κ3) is 3.78. The molecule has 5 heteroatoms. The summed E-state index contributed by atoms with van der Waals surface area (Å²) in [6, 6.07) is 0. The van der Waals surface area contributed by atoms with Crippen LogP contribution >= 0.6 is 0 Å². The van der Waals surface area contributed by atoms with Crippen LogP contribution in [0, 0.1) is 11.8 Å². The Hall–Kier alpha value is -0.420. The van der Waals surface area contributed by atoms with Gasteiger partial charge in [-0.15, -0.1) is 0 Å². The lowest BCUT2D eigenvalue weighted by Crippen LogP contribution is -2.35. The van der Waals surface area contributed by atoms with E-state index in [1.807, 2.05) is 6.92 Å². The number of Topliss-reactive ketones (excluding diaryl/α,β-unsaturated/α-hetero) is 1. The Morgan fingerprint density at radius 3 is 2.53 bits per heavy atom.